The first-order valence-corrected chi connectivity index (χ1v) is 5.96. The first kappa shape index (κ1) is 10.2. The van der Waals surface area contributed by atoms with E-state index in [2.05, 4.69) is 19.9 Å². The van der Waals surface area contributed by atoms with E-state index in [1.807, 2.05) is 0 Å². The van der Waals surface area contributed by atoms with E-state index < -0.39 is 0 Å². The summed E-state index contributed by atoms with van der Waals surface area (Å²) in [5, 5.41) is 8.75. The van der Waals surface area contributed by atoms with Crippen molar-refractivity contribution < 1.29 is 5.11 Å². The third-order valence-corrected chi connectivity index (χ3v) is 4.46. The highest BCUT2D eigenvalue weighted by Crippen LogP contribution is 2.59. The molecule has 14 heavy (non-hydrogen) atoms. The molecule has 1 N–H and O–H groups in total. The topological polar surface area (TPSA) is 20.2 Å². The summed E-state index contributed by atoms with van der Waals surface area (Å²) >= 11 is 0. The second kappa shape index (κ2) is 3.69. The molecule has 1 fully saturated rings. The van der Waals surface area contributed by atoms with E-state index in [0.717, 1.165) is 18.3 Å². The van der Waals surface area contributed by atoms with Crippen LogP contribution >= 0.6 is 0 Å². The Bertz CT molecular complexity index is 240. The molecule has 1 saturated carbocycles. The Morgan fingerprint density at radius 1 is 1.43 bits per heavy atom. The normalized spacial score (nSPS) is 33.5. The predicted molar refractivity (Wildman–Crippen MR) is 59.0 cm³/mol. The van der Waals surface area contributed by atoms with Crippen LogP contribution in [0.2, 0.25) is 0 Å². The van der Waals surface area contributed by atoms with Gasteiger partial charge in [-0.15, -0.1) is 0 Å². The van der Waals surface area contributed by atoms with Crippen molar-refractivity contribution in [3.05, 3.63) is 11.6 Å². The number of aliphatic hydroxyl groups excluding tert-OH is 1. The monoisotopic (exact) mass is 194 g/mol. The van der Waals surface area contributed by atoms with Crippen LogP contribution in [0.25, 0.3) is 0 Å². The van der Waals surface area contributed by atoms with Crippen molar-refractivity contribution in [2.75, 3.05) is 6.61 Å². The van der Waals surface area contributed by atoms with Gasteiger partial charge in [0.05, 0.1) is 0 Å². The van der Waals surface area contributed by atoms with Crippen molar-refractivity contribution in [3.8, 4) is 0 Å². The minimum atomic E-state index is 0.351. The van der Waals surface area contributed by atoms with Crippen LogP contribution < -0.4 is 0 Å². The van der Waals surface area contributed by atoms with Gasteiger partial charge in [-0.25, -0.2) is 0 Å². The van der Waals surface area contributed by atoms with E-state index in [4.69, 9.17) is 5.11 Å². The van der Waals surface area contributed by atoms with E-state index in [1.165, 1.54) is 25.7 Å². The SMILES string of the molecule is CC1(C)[C@H]2CC=C(CCCCO)[C@H]1C2. The molecule has 0 aliphatic heterocycles. The number of allylic oxidation sites excluding steroid dienone is 2. The maximum Gasteiger partial charge on any atom is 0.0431 e. The molecule has 3 rings (SSSR count). The molecule has 0 spiro atoms. The van der Waals surface area contributed by atoms with Crippen LogP contribution in [0.3, 0.4) is 0 Å². The predicted octanol–water partition coefficient (Wildman–Crippen LogP) is 3.14. The Morgan fingerprint density at radius 3 is 2.79 bits per heavy atom. The lowest BCUT2D eigenvalue weighted by molar-refractivity contribution is -0.00846. The fourth-order valence-electron chi connectivity index (χ4n) is 3.20. The molecule has 0 amide bonds. The average molecular weight is 194 g/mol. The summed E-state index contributed by atoms with van der Waals surface area (Å²) in [5.74, 6) is 1.81. The van der Waals surface area contributed by atoms with Crippen molar-refractivity contribution in [3.63, 3.8) is 0 Å². The van der Waals surface area contributed by atoms with E-state index in [1.54, 1.807) is 5.57 Å². The van der Waals surface area contributed by atoms with Crippen molar-refractivity contribution in [2.45, 2.75) is 46.0 Å². The summed E-state index contributed by atoms with van der Waals surface area (Å²) < 4.78 is 0. The Balaban J connectivity index is 1.91. The Kier molecular flexibility index (Phi) is 2.70. The van der Waals surface area contributed by atoms with E-state index in [9.17, 15) is 0 Å². The molecular weight excluding hydrogens is 172 g/mol. The fourth-order valence-corrected chi connectivity index (χ4v) is 3.20. The largest absolute Gasteiger partial charge is 0.396 e. The molecule has 0 saturated heterocycles. The van der Waals surface area contributed by atoms with Crippen LogP contribution in [-0.2, 0) is 0 Å². The first-order chi connectivity index (χ1) is 6.66. The summed E-state index contributed by atoms with van der Waals surface area (Å²) in [4.78, 5) is 0. The average Bonchev–Trinajstić information content (AvgIpc) is 2.18. The van der Waals surface area contributed by atoms with Gasteiger partial charge in [0.2, 0.25) is 0 Å². The highest BCUT2D eigenvalue weighted by Gasteiger charge is 2.50. The van der Waals surface area contributed by atoms with Crippen LogP contribution in [-0.4, -0.2) is 11.7 Å². The van der Waals surface area contributed by atoms with E-state index in [-0.39, 0.29) is 0 Å². The molecule has 3 aliphatic carbocycles. The van der Waals surface area contributed by atoms with Crippen molar-refractivity contribution >= 4 is 0 Å². The van der Waals surface area contributed by atoms with Crippen LogP contribution in [0.15, 0.2) is 11.6 Å². The quantitative estimate of drug-likeness (QED) is 0.538. The minimum Gasteiger partial charge on any atom is -0.396 e. The van der Waals surface area contributed by atoms with Gasteiger partial charge in [0, 0.05) is 6.61 Å². The van der Waals surface area contributed by atoms with Crippen molar-refractivity contribution in [1.82, 2.24) is 0 Å². The van der Waals surface area contributed by atoms with Gasteiger partial charge < -0.3 is 5.11 Å². The maximum atomic E-state index is 8.75. The molecule has 80 valence electrons. The summed E-state index contributed by atoms with van der Waals surface area (Å²) in [5.41, 5.74) is 2.26. The lowest BCUT2D eigenvalue weighted by atomic mass is 9.48. The van der Waals surface area contributed by atoms with Crippen LogP contribution in [0, 0.1) is 17.3 Å². The standard InChI is InChI=1S/C13H22O/c1-13(2)11-7-6-10(12(13)9-11)5-3-4-8-14/h6,11-12,14H,3-5,7-9H2,1-2H3/t11-,12+/m0/s1. The van der Waals surface area contributed by atoms with Gasteiger partial charge >= 0.3 is 0 Å². The molecular formula is C13H22O. The second-order valence-electron chi connectivity index (χ2n) is 5.50. The highest BCUT2D eigenvalue weighted by molar-refractivity contribution is 5.23. The molecule has 1 heteroatoms. The summed E-state index contributed by atoms with van der Waals surface area (Å²) in [6.45, 7) is 5.19. The first-order valence-electron chi connectivity index (χ1n) is 5.96. The Morgan fingerprint density at radius 2 is 2.21 bits per heavy atom. The van der Waals surface area contributed by atoms with Crippen LogP contribution in [0.4, 0.5) is 0 Å². The molecule has 0 aromatic heterocycles. The smallest absolute Gasteiger partial charge is 0.0431 e. The molecule has 3 aliphatic rings. The molecule has 0 unspecified atom stereocenters. The molecule has 2 atom stereocenters. The third kappa shape index (κ3) is 1.52. The van der Waals surface area contributed by atoms with Gasteiger partial charge in [-0.3, -0.25) is 0 Å². The van der Waals surface area contributed by atoms with Gasteiger partial charge in [-0.2, -0.15) is 0 Å². The van der Waals surface area contributed by atoms with Gasteiger partial charge in [-0.1, -0.05) is 25.5 Å². The number of aliphatic hydroxyl groups is 1. The number of hydrogen-bond donors (Lipinski definition) is 1. The summed E-state index contributed by atoms with van der Waals surface area (Å²) in [7, 11) is 0. The Labute approximate surface area is 87.2 Å². The summed E-state index contributed by atoms with van der Waals surface area (Å²) in [6, 6.07) is 0. The number of unbranched alkanes of at least 4 members (excludes halogenated alkanes) is 1. The fraction of sp³-hybridized carbons (Fsp3) is 0.846. The van der Waals surface area contributed by atoms with Gasteiger partial charge in [-0.05, 0) is 49.4 Å². The van der Waals surface area contributed by atoms with Gasteiger partial charge in [0.1, 0.15) is 0 Å². The van der Waals surface area contributed by atoms with Gasteiger partial charge in [0.15, 0.2) is 0 Å². The van der Waals surface area contributed by atoms with Crippen LogP contribution in [0.5, 0.6) is 0 Å². The van der Waals surface area contributed by atoms with Gasteiger partial charge in [0.25, 0.3) is 0 Å². The zero-order valence-corrected chi connectivity index (χ0v) is 9.42. The zero-order valence-electron chi connectivity index (χ0n) is 9.42. The minimum absolute atomic E-state index is 0.351. The maximum absolute atomic E-state index is 8.75. The molecule has 0 heterocycles. The Hall–Kier alpha value is -0.300. The lowest BCUT2D eigenvalue weighted by Gasteiger charge is -2.56. The van der Waals surface area contributed by atoms with Crippen molar-refractivity contribution in [2.24, 2.45) is 17.3 Å². The van der Waals surface area contributed by atoms with E-state index >= 15 is 0 Å². The molecule has 0 radical (unpaired) electrons. The van der Waals surface area contributed by atoms with Crippen LogP contribution in [0.1, 0.15) is 46.0 Å². The van der Waals surface area contributed by atoms with E-state index in [0.29, 0.717) is 12.0 Å². The second-order valence-corrected chi connectivity index (χ2v) is 5.50. The molecule has 0 aromatic rings. The van der Waals surface area contributed by atoms with Crippen molar-refractivity contribution in [1.29, 1.82) is 0 Å². The molecule has 0 aromatic carbocycles. The highest BCUT2D eigenvalue weighted by atomic mass is 16.2. The molecule has 2 bridgehead atoms. The number of fused-ring (bicyclic) bond motifs is 1. The number of rotatable bonds is 4. The third-order valence-electron chi connectivity index (χ3n) is 4.46. The lowest BCUT2D eigenvalue weighted by Crippen LogP contribution is -2.47. The molecule has 1 nitrogen and oxygen atoms in total. The zero-order chi connectivity index (χ0) is 10.2. The number of hydrogen-bond acceptors (Lipinski definition) is 1. The summed E-state index contributed by atoms with van der Waals surface area (Å²) in [6.07, 6.45) is 8.56.